The van der Waals surface area contributed by atoms with Gasteiger partial charge in [-0.15, -0.1) is 11.8 Å². The molecule has 0 bridgehead atoms. The number of alkyl halides is 6. The molecule has 1 aliphatic carbocycles. The van der Waals surface area contributed by atoms with Gasteiger partial charge < -0.3 is 5.32 Å². The average molecular weight is 427 g/mol. The second-order valence-corrected chi connectivity index (χ2v) is 8.65. The van der Waals surface area contributed by atoms with Gasteiger partial charge in [0.1, 0.15) is 0 Å². The predicted octanol–water partition coefficient (Wildman–Crippen LogP) is 6.90. The molecule has 1 fully saturated rings. The van der Waals surface area contributed by atoms with E-state index in [9.17, 15) is 31.1 Å². The van der Waals surface area contributed by atoms with Crippen LogP contribution in [0.25, 0.3) is 0 Å². The first-order valence-electron chi connectivity index (χ1n) is 9.17. The summed E-state index contributed by atoms with van der Waals surface area (Å²) in [6.45, 7) is 3.82. The van der Waals surface area contributed by atoms with Crippen molar-refractivity contribution in [3.05, 3.63) is 23.8 Å². The van der Waals surface area contributed by atoms with E-state index in [1.807, 2.05) is 13.8 Å². The largest absolute Gasteiger partial charge is 0.418 e. The Morgan fingerprint density at radius 2 is 1.89 bits per heavy atom. The molecule has 1 amide bonds. The number of hydrogen-bond donors (Lipinski definition) is 1. The normalized spacial score (nSPS) is 22.0. The monoisotopic (exact) mass is 427 g/mol. The van der Waals surface area contributed by atoms with Gasteiger partial charge in [0.15, 0.2) is 0 Å². The first kappa shape index (κ1) is 22.9. The van der Waals surface area contributed by atoms with Gasteiger partial charge in [-0.1, -0.05) is 20.3 Å². The fraction of sp³-hybridized carbons (Fsp3) is 0.632. The molecule has 0 aromatic heterocycles. The maximum absolute atomic E-state index is 13.4. The lowest BCUT2D eigenvalue weighted by Gasteiger charge is -2.30. The van der Waals surface area contributed by atoms with Crippen LogP contribution in [0.3, 0.4) is 0 Å². The van der Waals surface area contributed by atoms with Gasteiger partial charge in [0.2, 0.25) is 5.91 Å². The Bertz CT molecular complexity index is 688. The molecule has 3 unspecified atom stereocenters. The van der Waals surface area contributed by atoms with Gasteiger partial charge in [-0.3, -0.25) is 4.79 Å². The van der Waals surface area contributed by atoms with E-state index in [-0.39, 0.29) is 24.5 Å². The van der Waals surface area contributed by atoms with Crippen LogP contribution >= 0.6 is 11.8 Å². The summed E-state index contributed by atoms with van der Waals surface area (Å²) in [4.78, 5) is 12.8. The molecule has 28 heavy (non-hydrogen) atoms. The minimum Gasteiger partial charge on any atom is -0.325 e. The number of hydrogen-bond acceptors (Lipinski definition) is 2. The van der Waals surface area contributed by atoms with Crippen LogP contribution in [0.5, 0.6) is 0 Å². The summed E-state index contributed by atoms with van der Waals surface area (Å²) in [5.41, 5.74) is -1.41. The Morgan fingerprint density at radius 3 is 2.46 bits per heavy atom. The molecule has 2 rings (SSSR count). The van der Waals surface area contributed by atoms with Gasteiger partial charge in [0.05, 0.1) is 17.2 Å². The van der Waals surface area contributed by atoms with E-state index in [1.54, 1.807) is 0 Å². The number of halogens is 6. The molecular weight excluding hydrogens is 404 g/mol. The summed E-state index contributed by atoms with van der Waals surface area (Å²) in [5.74, 6) is -3.33. The van der Waals surface area contributed by atoms with E-state index in [0.717, 1.165) is 12.5 Å². The summed E-state index contributed by atoms with van der Waals surface area (Å²) in [5, 5.41) is 2.35. The minimum absolute atomic E-state index is 0.0530. The quantitative estimate of drug-likeness (QED) is 0.409. The standard InChI is InChI=1S/C19H23F6NOS/c1-3-11(2)28-14-7-8-16(15(10-14)19(23,24)25)26-17(27)12-5-4-6-13(9-12)18(20,21)22/h7-8,10-13H,3-6,9H2,1-2H3,(H,26,27). The predicted molar refractivity (Wildman–Crippen MR) is 97.2 cm³/mol. The molecule has 1 aromatic rings. The summed E-state index contributed by atoms with van der Waals surface area (Å²) in [6, 6.07) is 3.64. The van der Waals surface area contributed by atoms with Crippen LogP contribution in [0.15, 0.2) is 23.1 Å². The smallest absolute Gasteiger partial charge is 0.325 e. The zero-order chi connectivity index (χ0) is 21.1. The molecule has 0 spiro atoms. The summed E-state index contributed by atoms with van der Waals surface area (Å²) in [6.07, 6.45) is -8.28. The van der Waals surface area contributed by atoms with E-state index in [2.05, 4.69) is 5.32 Å². The first-order chi connectivity index (χ1) is 12.9. The Balaban J connectivity index is 2.19. The Labute approximate surface area is 164 Å². The third-order valence-corrected chi connectivity index (χ3v) is 6.24. The van der Waals surface area contributed by atoms with E-state index in [0.29, 0.717) is 4.90 Å². The summed E-state index contributed by atoms with van der Waals surface area (Å²) in [7, 11) is 0. The molecule has 3 atom stereocenters. The van der Waals surface area contributed by atoms with Crippen molar-refractivity contribution in [3.63, 3.8) is 0 Å². The SMILES string of the molecule is CCC(C)Sc1ccc(NC(=O)C2CCCC(C(F)(F)F)C2)c(C(F)(F)F)c1. The molecule has 0 saturated heterocycles. The van der Waals surface area contributed by atoms with Gasteiger partial charge in [-0.05, 0) is 43.9 Å². The zero-order valence-corrected chi connectivity index (χ0v) is 16.4. The van der Waals surface area contributed by atoms with Crippen molar-refractivity contribution in [2.24, 2.45) is 11.8 Å². The molecule has 1 saturated carbocycles. The van der Waals surface area contributed by atoms with Crippen molar-refractivity contribution in [1.29, 1.82) is 0 Å². The van der Waals surface area contributed by atoms with Gasteiger partial charge in [-0.2, -0.15) is 26.3 Å². The maximum Gasteiger partial charge on any atom is 0.418 e. The van der Waals surface area contributed by atoms with Crippen LogP contribution in [0.2, 0.25) is 0 Å². The van der Waals surface area contributed by atoms with Crippen molar-refractivity contribution in [2.45, 2.75) is 68.4 Å². The lowest BCUT2D eigenvalue weighted by Crippen LogP contribution is -2.34. The highest BCUT2D eigenvalue weighted by Gasteiger charge is 2.44. The van der Waals surface area contributed by atoms with E-state index < -0.39 is 47.8 Å². The Kier molecular flexibility index (Phi) is 7.33. The number of carbonyl (C=O) groups is 1. The number of nitrogens with one attached hydrogen (secondary N) is 1. The van der Waals surface area contributed by atoms with Crippen molar-refractivity contribution < 1.29 is 31.1 Å². The van der Waals surface area contributed by atoms with Crippen molar-refractivity contribution in [2.75, 3.05) is 5.32 Å². The van der Waals surface area contributed by atoms with E-state index >= 15 is 0 Å². The van der Waals surface area contributed by atoms with Crippen LogP contribution in [0.4, 0.5) is 32.0 Å². The van der Waals surface area contributed by atoms with Crippen molar-refractivity contribution >= 4 is 23.4 Å². The van der Waals surface area contributed by atoms with Crippen LogP contribution in [0.1, 0.15) is 51.5 Å². The highest BCUT2D eigenvalue weighted by molar-refractivity contribution is 7.99. The van der Waals surface area contributed by atoms with E-state index in [4.69, 9.17) is 0 Å². The number of benzene rings is 1. The van der Waals surface area contributed by atoms with Crippen LogP contribution in [-0.4, -0.2) is 17.3 Å². The fourth-order valence-corrected chi connectivity index (χ4v) is 4.18. The average Bonchev–Trinajstić information content (AvgIpc) is 2.61. The Hall–Kier alpha value is -1.38. The van der Waals surface area contributed by atoms with Gasteiger partial charge in [0.25, 0.3) is 0 Å². The molecule has 9 heteroatoms. The van der Waals surface area contributed by atoms with Crippen LogP contribution in [0, 0.1) is 11.8 Å². The van der Waals surface area contributed by atoms with Gasteiger partial charge >= 0.3 is 12.4 Å². The first-order valence-corrected chi connectivity index (χ1v) is 10.0. The van der Waals surface area contributed by atoms with Crippen molar-refractivity contribution in [1.82, 2.24) is 0 Å². The zero-order valence-electron chi connectivity index (χ0n) is 15.6. The molecule has 158 valence electrons. The Morgan fingerprint density at radius 1 is 1.21 bits per heavy atom. The topological polar surface area (TPSA) is 29.1 Å². The lowest BCUT2D eigenvalue weighted by molar-refractivity contribution is -0.185. The number of amides is 1. The highest BCUT2D eigenvalue weighted by atomic mass is 32.2. The van der Waals surface area contributed by atoms with E-state index in [1.165, 1.54) is 23.9 Å². The second-order valence-electron chi connectivity index (χ2n) is 7.13. The van der Waals surface area contributed by atoms with Crippen LogP contribution < -0.4 is 5.32 Å². The number of carbonyl (C=O) groups excluding carboxylic acids is 1. The number of thioether (sulfide) groups is 1. The van der Waals surface area contributed by atoms with Gasteiger partial charge in [-0.25, -0.2) is 0 Å². The molecule has 1 N–H and O–H groups in total. The summed E-state index contributed by atoms with van der Waals surface area (Å²) < 4.78 is 79.1. The molecule has 1 aromatic carbocycles. The summed E-state index contributed by atoms with van der Waals surface area (Å²) >= 11 is 1.29. The maximum atomic E-state index is 13.4. The minimum atomic E-state index is -4.68. The molecule has 0 radical (unpaired) electrons. The fourth-order valence-electron chi connectivity index (χ4n) is 3.22. The number of rotatable bonds is 5. The van der Waals surface area contributed by atoms with Gasteiger partial charge in [0, 0.05) is 16.1 Å². The second kappa shape index (κ2) is 8.97. The molecule has 2 nitrogen and oxygen atoms in total. The molecular formula is C19H23F6NOS. The third kappa shape index (κ3) is 6.06. The third-order valence-electron chi connectivity index (χ3n) is 4.97. The van der Waals surface area contributed by atoms with Crippen LogP contribution in [-0.2, 0) is 11.0 Å². The highest BCUT2D eigenvalue weighted by Crippen LogP contribution is 2.42. The number of anilines is 1. The molecule has 1 aliphatic rings. The molecule has 0 aliphatic heterocycles. The molecule has 0 heterocycles. The van der Waals surface area contributed by atoms with Crippen molar-refractivity contribution in [3.8, 4) is 0 Å². The lowest BCUT2D eigenvalue weighted by atomic mass is 9.80.